The number of benzene rings is 1. The second kappa shape index (κ2) is 6.68. The molecule has 1 amide bonds. The van der Waals surface area contributed by atoms with E-state index in [0.29, 0.717) is 6.42 Å². The zero-order valence-electron chi connectivity index (χ0n) is 12.2. The lowest BCUT2D eigenvalue weighted by molar-refractivity contribution is -0.117. The first kappa shape index (κ1) is 15.5. The number of rotatable bonds is 4. The van der Waals surface area contributed by atoms with E-state index in [2.05, 4.69) is 10.6 Å². The number of carbonyl (C=O) groups excluding carboxylic acids is 1. The molecule has 21 heavy (non-hydrogen) atoms. The molecule has 0 atom stereocenters. The standard InChI is InChI=1S/C16H20FN3O/c1-19-16(8-3-2-4-9-16)10-15(21)20-14-7-5-6-13(17)12(14)11-18/h5-7,19H,2-4,8-10H2,1H3,(H,20,21). The first-order chi connectivity index (χ1) is 10.1. The summed E-state index contributed by atoms with van der Waals surface area (Å²) in [7, 11) is 1.88. The van der Waals surface area contributed by atoms with Gasteiger partial charge in [0.1, 0.15) is 17.4 Å². The van der Waals surface area contributed by atoms with Crippen LogP contribution in [0.3, 0.4) is 0 Å². The summed E-state index contributed by atoms with van der Waals surface area (Å²) in [5, 5.41) is 14.9. The number of nitrogens with one attached hydrogen (secondary N) is 2. The van der Waals surface area contributed by atoms with E-state index in [-0.39, 0.29) is 22.7 Å². The third kappa shape index (κ3) is 3.59. The van der Waals surface area contributed by atoms with E-state index in [4.69, 9.17) is 5.26 Å². The van der Waals surface area contributed by atoms with Crippen molar-refractivity contribution in [3.63, 3.8) is 0 Å². The van der Waals surface area contributed by atoms with Gasteiger partial charge in [-0.15, -0.1) is 0 Å². The summed E-state index contributed by atoms with van der Waals surface area (Å²) in [6.07, 6.45) is 5.68. The van der Waals surface area contributed by atoms with Crippen molar-refractivity contribution in [1.82, 2.24) is 5.32 Å². The molecule has 1 aliphatic rings. The Morgan fingerprint density at radius 1 is 1.38 bits per heavy atom. The maximum absolute atomic E-state index is 13.5. The van der Waals surface area contributed by atoms with E-state index in [1.54, 1.807) is 12.1 Å². The minimum absolute atomic E-state index is 0.118. The van der Waals surface area contributed by atoms with Gasteiger partial charge in [-0.3, -0.25) is 4.79 Å². The molecule has 1 aromatic rings. The number of nitrogens with zero attached hydrogens (tertiary/aromatic N) is 1. The molecule has 0 spiro atoms. The Labute approximate surface area is 124 Å². The van der Waals surface area contributed by atoms with E-state index >= 15 is 0 Å². The van der Waals surface area contributed by atoms with Gasteiger partial charge in [0, 0.05) is 12.0 Å². The Morgan fingerprint density at radius 2 is 2.10 bits per heavy atom. The highest BCUT2D eigenvalue weighted by atomic mass is 19.1. The number of hydrogen-bond acceptors (Lipinski definition) is 3. The van der Waals surface area contributed by atoms with Crippen LogP contribution in [0.4, 0.5) is 10.1 Å². The maximum atomic E-state index is 13.5. The number of nitriles is 1. The average molecular weight is 289 g/mol. The summed E-state index contributed by atoms with van der Waals surface area (Å²) in [4.78, 5) is 12.2. The van der Waals surface area contributed by atoms with Crippen molar-refractivity contribution in [2.45, 2.75) is 44.1 Å². The van der Waals surface area contributed by atoms with E-state index in [9.17, 15) is 9.18 Å². The largest absolute Gasteiger partial charge is 0.325 e. The van der Waals surface area contributed by atoms with Gasteiger partial charge in [0.25, 0.3) is 0 Å². The quantitative estimate of drug-likeness (QED) is 0.895. The molecular weight excluding hydrogens is 269 g/mol. The number of amides is 1. The Morgan fingerprint density at radius 3 is 2.71 bits per heavy atom. The summed E-state index contributed by atoms with van der Waals surface area (Å²) < 4.78 is 13.5. The van der Waals surface area contributed by atoms with Gasteiger partial charge < -0.3 is 10.6 Å². The molecule has 0 radical (unpaired) electrons. The van der Waals surface area contributed by atoms with Gasteiger partial charge in [0.2, 0.25) is 5.91 Å². The second-order valence-electron chi connectivity index (χ2n) is 5.59. The van der Waals surface area contributed by atoms with E-state index in [0.717, 1.165) is 25.7 Å². The molecule has 0 aromatic heterocycles. The van der Waals surface area contributed by atoms with Crippen LogP contribution in [0.5, 0.6) is 0 Å². The molecule has 0 saturated heterocycles. The lowest BCUT2D eigenvalue weighted by Gasteiger charge is -2.36. The molecule has 112 valence electrons. The average Bonchev–Trinajstić information content (AvgIpc) is 2.48. The van der Waals surface area contributed by atoms with Crippen molar-refractivity contribution in [1.29, 1.82) is 5.26 Å². The molecule has 0 unspecified atom stereocenters. The third-order valence-electron chi connectivity index (χ3n) is 4.24. The predicted octanol–water partition coefficient (Wildman–Crippen LogP) is 2.95. The van der Waals surface area contributed by atoms with Crippen LogP contribution >= 0.6 is 0 Å². The van der Waals surface area contributed by atoms with Crippen LogP contribution in [0, 0.1) is 17.1 Å². The first-order valence-electron chi connectivity index (χ1n) is 7.27. The molecule has 0 heterocycles. The predicted molar refractivity (Wildman–Crippen MR) is 79.2 cm³/mol. The molecule has 2 N–H and O–H groups in total. The number of halogens is 1. The first-order valence-corrected chi connectivity index (χ1v) is 7.27. The number of hydrogen-bond donors (Lipinski definition) is 2. The van der Waals surface area contributed by atoms with Gasteiger partial charge in [-0.25, -0.2) is 4.39 Å². The lowest BCUT2D eigenvalue weighted by Crippen LogP contribution is -2.47. The van der Waals surface area contributed by atoms with Crippen molar-refractivity contribution in [3.05, 3.63) is 29.6 Å². The summed E-state index contributed by atoms with van der Waals surface area (Å²) in [5.41, 5.74) is -0.0554. The maximum Gasteiger partial charge on any atom is 0.226 e. The minimum Gasteiger partial charge on any atom is -0.325 e. The topological polar surface area (TPSA) is 64.9 Å². The van der Waals surface area contributed by atoms with Crippen LogP contribution in [-0.2, 0) is 4.79 Å². The van der Waals surface area contributed by atoms with Gasteiger partial charge in [0.05, 0.1) is 5.69 Å². The van der Waals surface area contributed by atoms with Crippen LogP contribution in [0.15, 0.2) is 18.2 Å². The number of anilines is 1. The third-order valence-corrected chi connectivity index (χ3v) is 4.24. The van der Waals surface area contributed by atoms with Gasteiger partial charge in [-0.1, -0.05) is 25.3 Å². The highest BCUT2D eigenvalue weighted by molar-refractivity contribution is 5.92. The van der Waals surface area contributed by atoms with Crippen molar-refractivity contribution in [2.24, 2.45) is 0 Å². The van der Waals surface area contributed by atoms with Gasteiger partial charge >= 0.3 is 0 Å². The van der Waals surface area contributed by atoms with E-state index < -0.39 is 5.82 Å². The van der Waals surface area contributed by atoms with Crippen LogP contribution in [0.1, 0.15) is 44.1 Å². The molecule has 1 saturated carbocycles. The van der Waals surface area contributed by atoms with Crippen molar-refractivity contribution in [2.75, 3.05) is 12.4 Å². The summed E-state index contributed by atoms with van der Waals surface area (Å²) in [6, 6.07) is 6.04. The van der Waals surface area contributed by atoms with Gasteiger partial charge in [0.15, 0.2) is 0 Å². The zero-order valence-corrected chi connectivity index (χ0v) is 12.2. The Hall–Kier alpha value is -1.93. The Kier molecular flexibility index (Phi) is 4.92. The van der Waals surface area contributed by atoms with E-state index in [1.807, 2.05) is 7.05 Å². The monoisotopic (exact) mass is 289 g/mol. The Balaban J connectivity index is 2.08. The van der Waals surface area contributed by atoms with Crippen LogP contribution in [0.25, 0.3) is 0 Å². The molecule has 1 fully saturated rings. The van der Waals surface area contributed by atoms with Crippen molar-refractivity contribution < 1.29 is 9.18 Å². The minimum atomic E-state index is -0.615. The molecule has 1 aromatic carbocycles. The van der Waals surface area contributed by atoms with Crippen LogP contribution in [-0.4, -0.2) is 18.5 Å². The SMILES string of the molecule is CNC1(CC(=O)Nc2cccc(F)c2C#N)CCCCC1. The fourth-order valence-electron chi connectivity index (χ4n) is 2.99. The Bertz CT molecular complexity index is 559. The number of carbonyl (C=O) groups is 1. The molecule has 4 nitrogen and oxygen atoms in total. The second-order valence-corrected chi connectivity index (χ2v) is 5.59. The van der Waals surface area contributed by atoms with Gasteiger partial charge in [-0.05, 0) is 32.0 Å². The summed E-state index contributed by atoms with van der Waals surface area (Å²) in [6.45, 7) is 0. The zero-order chi connectivity index (χ0) is 15.3. The summed E-state index contributed by atoms with van der Waals surface area (Å²) in [5.74, 6) is -0.801. The van der Waals surface area contributed by atoms with E-state index in [1.165, 1.54) is 18.6 Å². The van der Waals surface area contributed by atoms with Crippen LogP contribution < -0.4 is 10.6 Å². The van der Waals surface area contributed by atoms with Crippen molar-refractivity contribution in [3.8, 4) is 6.07 Å². The van der Waals surface area contributed by atoms with Crippen LogP contribution in [0.2, 0.25) is 0 Å². The lowest BCUT2D eigenvalue weighted by atomic mass is 9.79. The highest BCUT2D eigenvalue weighted by Gasteiger charge is 2.32. The van der Waals surface area contributed by atoms with Gasteiger partial charge in [-0.2, -0.15) is 5.26 Å². The molecule has 1 aliphatic carbocycles. The molecule has 0 aliphatic heterocycles. The fraction of sp³-hybridized carbons (Fsp3) is 0.500. The molecule has 0 bridgehead atoms. The normalized spacial score (nSPS) is 17.0. The molecular formula is C16H20FN3O. The van der Waals surface area contributed by atoms with Crippen molar-refractivity contribution >= 4 is 11.6 Å². The smallest absolute Gasteiger partial charge is 0.226 e. The highest BCUT2D eigenvalue weighted by Crippen LogP contribution is 2.31. The molecule has 5 heteroatoms. The fourth-order valence-corrected chi connectivity index (χ4v) is 2.99. The molecule has 2 rings (SSSR count). The summed E-state index contributed by atoms with van der Waals surface area (Å²) >= 11 is 0.